The van der Waals surface area contributed by atoms with Gasteiger partial charge in [-0.2, -0.15) is 0 Å². The third-order valence-corrected chi connectivity index (χ3v) is 4.16. The van der Waals surface area contributed by atoms with E-state index in [-0.39, 0.29) is 11.3 Å². The minimum atomic E-state index is -0.156. The van der Waals surface area contributed by atoms with Crippen LogP contribution in [0.1, 0.15) is 33.8 Å². The lowest BCUT2D eigenvalue weighted by molar-refractivity contribution is 0.102. The van der Waals surface area contributed by atoms with E-state index in [1.807, 2.05) is 56.3 Å². The van der Waals surface area contributed by atoms with Gasteiger partial charge in [-0.1, -0.05) is 40.2 Å². The Morgan fingerprint density at radius 1 is 1.25 bits per heavy atom. The molecule has 1 unspecified atom stereocenters. The van der Waals surface area contributed by atoms with Gasteiger partial charge in [0.05, 0.1) is 5.38 Å². The number of halogens is 2. The van der Waals surface area contributed by atoms with Crippen LogP contribution in [0.15, 0.2) is 46.9 Å². The molecule has 0 aliphatic rings. The van der Waals surface area contributed by atoms with Gasteiger partial charge in [0.25, 0.3) is 5.91 Å². The molecule has 0 fully saturated rings. The molecule has 0 bridgehead atoms. The van der Waals surface area contributed by atoms with Crippen molar-refractivity contribution in [3.8, 4) is 0 Å². The third kappa shape index (κ3) is 3.41. The minimum absolute atomic E-state index is 0.143. The zero-order valence-corrected chi connectivity index (χ0v) is 13.6. The Morgan fingerprint density at radius 2 is 1.95 bits per heavy atom. The first-order valence-electron chi connectivity index (χ1n) is 6.29. The monoisotopic (exact) mass is 351 g/mol. The van der Waals surface area contributed by atoms with E-state index in [4.69, 9.17) is 11.6 Å². The second kappa shape index (κ2) is 6.42. The van der Waals surface area contributed by atoms with Gasteiger partial charge in [-0.3, -0.25) is 4.79 Å². The van der Waals surface area contributed by atoms with Crippen LogP contribution in [0.5, 0.6) is 0 Å². The van der Waals surface area contributed by atoms with Gasteiger partial charge in [0.15, 0.2) is 0 Å². The molecule has 0 saturated carbocycles. The molecule has 0 aliphatic carbocycles. The van der Waals surface area contributed by atoms with Crippen molar-refractivity contribution in [2.45, 2.75) is 19.2 Å². The van der Waals surface area contributed by atoms with Gasteiger partial charge in [-0.15, -0.1) is 11.6 Å². The summed E-state index contributed by atoms with van der Waals surface area (Å²) in [6.07, 6.45) is 0. The number of rotatable bonds is 3. The lowest BCUT2D eigenvalue weighted by Crippen LogP contribution is -2.13. The van der Waals surface area contributed by atoms with E-state index in [2.05, 4.69) is 21.2 Å². The molecule has 2 aromatic carbocycles. The summed E-state index contributed by atoms with van der Waals surface area (Å²) in [5, 5.41) is 2.75. The van der Waals surface area contributed by atoms with Crippen molar-refractivity contribution in [1.82, 2.24) is 0 Å². The van der Waals surface area contributed by atoms with Crippen LogP contribution in [-0.2, 0) is 0 Å². The maximum Gasteiger partial charge on any atom is 0.255 e. The quantitative estimate of drug-likeness (QED) is 0.745. The number of carbonyl (C=O) groups excluding carboxylic acids is 1. The Labute approximate surface area is 132 Å². The summed E-state index contributed by atoms with van der Waals surface area (Å²) < 4.78 is 0.921. The van der Waals surface area contributed by atoms with Crippen LogP contribution in [0.3, 0.4) is 0 Å². The Morgan fingerprint density at radius 3 is 2.60 bits per heavy atom. The van der Waals surface area contributed by atoms with Crippen LogP contribution in [0.4, 0.5) is 5.69 Å². The van der Waals surface area contributed by atoms with Crippen molar-refractivity contribution in [3.05, 3.63) is 63.6 Å². The van der Waals surface area contributed by atoms with Crippen molar-refractivity contribution in [3.63, 3.8) is 0 Å². The summed E-state index contributed by atoms with van der Waals surface area (Å²) in [5.41, 5.74) is 3.36. The summed E-state index contributed by atoms with van der Waals surface area (Å²) in [6.45, 7) is 3.87. The predicted octanol–water partition coefficient (Wildman–Crippen LogP) is 5.31. The Hall–Kier alpha value is -1.32. The number of amides is 1. The molecule has 0 radical (unpaired) electrons. The number of benzene rings is 2. The number of alkyl halides is 1. The molecule has 1 amide bonds. The van der Waals surface area contributed by atoms with Crippen LogP contribution >= 0.6 is 27.5 Å². The lowest BCUT2D eigenvalue weighted by Gasteiger charge is -2.13. The average molecular weight is 353 g/mol. The molecule has 0 aliphatic heterocycles. The second-order valence-electron chi connectivity index (χ2n) is 4.62. The molecule has 0 saturated heterocycles. The first-order valence-corrected chi connectivity index (χ1v) is 7.52. The maximum absolute atomic E-state index is 12.3. The lowest BCUT2D eigenvalue weighted by atomic mass is 10.1. The molecule has 104 valence electrons. The summed E-state index contributed by atoms with van der Waals surface area (Å²) in [6, 6.07) is 13.1. The second-order valence-corrected chi connectivity index (χ2v) is 6.13. The van der Waals surface area contributed by atoms with Crippen molar-refractivity contribution >= 4 is 39.1 Å². The SMILES string of the molecule is Cc1ccc(C(=O)Nc2ccccc2C(C)Cl)cc1Br. The van der Waals surface area contributed by atoms with E-state index in [1.54, 1.807) is 0 Å². The van der Waals surface area contributed by atoms with Gasteiger partial charge >= 0.3 is 0 Å². The van der Waals surface area contributed by atoms with Gasteiger partial charge in [-0.05, 0) is 43.2 Å². The van der Waals surface area contributed by atoms with Crippen LogP contribution in [0.25, 0.3) is 0 Å². The highest BCUT2D eigenvalue weighted by Crippen LogP contribution is 2.27. The molecule has 2 nitrogen and oxygen atoms in total. The number of nitrogens with one attached hydrogen (secondary N) is 1. The van der Waals surface area contributed by atoms with Crippen LogP contribution < -0.4 is 5.32 Å². The number of hydrogen-bond donors (Lipinski definition) is 1. The van der Waals surface area contributed by atoms with E-state index in [1.165, 1.54) is 0 Å². The highest BCUT2D eigenvalue weighted by molar-refractivity contribution is 9.10. The normalized spacial score (nSPS) is 12.0. The molecule has 2 aromatic rings. The number of carbonyl (C=O) groups is 1. The highest BCUT2D eigenvalue weighted by atomic mass is 79.9. The summed E-state index contributed by atoms with van der Waals surface area (Å²) in [4.78, 5) is 12.3. The average Bonchev–Trinajstić information content (AvgIpc) is 2.42. The van der Waals surface area contributed by atoms with Gasteiger partial charge in [-0.25, -0.2) is 0 Å². The fourth-order valence-corrected chi connectivity index (χ4v) is 2.46. The molecule has 2 rings (SSSR count). The maximum atomic E-state index is 12.3. The largest absolute Gasteiger partial charge is 0.322 e. The topological polar surface area (TPSA) is 29.1 Å². The Kier molecular flexibility index (Phi) is 4.84. The van der Waals surface area contributed by atoms with Crippen LogP contribution in [0, 0.1) is 6.92 Å². The van der Waals surface area contributed by atoms with Crippen LogP contribution in [0.2, 0.25) is 0 Å². The van der Waals surface area contributed by atoms with Crippen LogP contribution in [-0.4, -0.2) is 5.91 Å². The number of para-hydroxylation sites is 1. The number of aryl methyl sites for hydroxylation is 1. The van der Waals surface area contributed by atoms with Crippen molar-refractivity contribution < 1.29 is 4.79 Å². The summed E-state index contributed by atoms with van der Waals surface area (Å²) in [7, 11) is 0. The van der Waals surface area contributed by atoms with Crippen molar-refractivity contribution in [2.24, 2.45) is 0 Å². The molecule has 0 spiro atoms. The molecular formula is C16H15BrClNO. The zero-order chi connectivity index (χ0) is 14.7. The molecule has 1 N–H and O–H groups in total. The standard InChI is InChI=1S/C16H15BrClNO/c1-10-7-8-12(9-14(10)17)16(20)19-15-6-4-3-5-13(15)11(2)18/h3-9,11H,1-2H3,(H,19,20). The van der Waals surface area contributed by atoms with Gasteiger partial charge in [0.1, 0.15) is 0 Å². The zero-order valence-electron chi connectivity index (χ0n) is 11.3. The first-order chi connectivity index (χ1) is 9.49. The predicted molar refractivity (Wildman–Crippen MR) is 87.5 cm³/mol. The Balaban J connectivity index is 2.26. The van der Waals surface area contributed by atoms with E-state index in [0.717, 1.165) is 21.3 Å². The molecule has 1 atom stereocenters. The Bertz CT molecular complexity index is 640. The van der Waals surface area contributed by atoms with Crippen molar-refractivity contribution in [2.75, 3.05) is 5.32 Å². The van der Waals surface area contributed by atoms with Crippen molar-refractivity contribution in [1.29, 1.82) is 0 Å². The number of hydrogen-bond acceptors (Lipinski definition) is 1. The first kappa shape index (κ1) is 15.1. The van der Waals surface area contributed by atoms with E-state index >= 15 is 0 Å². The minimum Gasteiger partial charge on any atom is -0.322 e. The fraction of sp³-hybridized carbons (Fsp3) is 0.188. The highest BCUT2D eigenvalue weighted by Gasteiger charge is 2.12. The van der Waals surface area contributed by atoms with E-state index < -0.39 is 0 Å². The fourth-order valence-electron chi connectivity index (χ4n) is 1.89. The molecule has 0 heterocycles. The molecule has 20 heavy (non-hydrogen) atoms. The summed E-state index contributed by atoms with van der Waals surface area (Å²) >= 11 is 9.56. The van der Waals surface area contributed by atoms with Gasteiger partial charge < -0.3 is 5.32 Å². The third-order valence-electron chi connectivity index (χ3n) is 3.07. The molecule has 4 heteroatoms. The summed E-state index contributed by atoms with van der Waals surface area (Å²) in [5.74, 6) is -0.143. The van der Waals surface area contributed by atoms with E-state index in [9.17, 15) is 4.79 Å². The molecule has 0 aromatic heterocycles. The molecular weight excluding hydrogens is 338 g/mol. The van der Waals surface area contributed by atoms with Gasteiger partial charge in [0, 0.05) is 15.7 Å². The number of anilines is 1. The van der Waals surface area contributed by atoms with Gasteiger partial charge in [0.2, 0.25) is 0 Å². The smallest absolute Gasteiger partial charge is 0.255 e. The van der Waals surface area contributed by atoms with E-state index in [0.29, 0.717) is 5.56 Å².